The first kappa shape index (κ1) is 23.6. The van der Waals surface area contributed by atoms with E-state index in [0.717, 1.165) is 22.0 Å². The van der Waals surface area contributed by atoms with Crippen LogP contribution < -0.4 is 10.2 Å². The second-order valence-corrected chi connectivity index (χ2v) is 9.16. The number of carbonyl (C=O) groups excluding carboxylic acids is 1. The van der Waals surface area contributed by atoms with Gasteiger partial charge in [0, 0.05) is 17.1 Å². The number of aromatic nitrogens is 3. The van der Waals surface area contributed by atoms with Crippen LogP contribution in [0.4, 0.5) is 16.3 Å². The van der Waals surface area contributed by atoms with Gasteiger partial charge in [0.25, 0.3) is 0 Å². The number of hydrogen-bond donors (Lipinski definition) is 3. The van der Waals surface area contributed by atoms with Crippen molar-refractivity contribution >= 4 is 46.1 Å². The molecule has 4 aromatic rings. The number of carbonyl (C=O) groups is 2. The molecule has 0 bridgehead atoms. The summed E-state index contributed by atoms with van der Waals surface area (Å²) in [5.74, 6) is -0.641. The van der Waals surface area contributed by atoms with E-state index in [4.69, 9.17) is 26.4 Å². The van der Waals surface area contributed by atoms with Crippen molar-refractivity contribution in [2.75, 3.05) is 16.8 Å². The van der Waals surface area contributed by atoms with Crippen LogP contribution in [-0.2, 0) is 11.2 Å². The number of ether oxygens (including phenoxy) is 1. The molecular weight excluding hydrogens is 482 g/mol. The summed E-state index contributed by atoms with van der Waals surface area (Å²) in [7, 11) is 0. The summed E-state index contributed by atoms with van der Waals surface area (Å²) in [6, 6.07) is 14.3. The Labute approximate surface area is 212 Å². The van der Waals surface area contributed by atoms with E-state index in [-0.39, 0.29) is 29.5 Å². The summed E-state index contributed by atoms with van der Waals surface area (Å²) in [6.07, 6.45) is 2.16. The lowest BCUT2D eigenvalue weighted by atomic mass is 10.0. The molecule has 9 nitrogen and oxygen atoms in total. The number of anilines is 2. The number of fused-ring (bicyclic) bond motifs is 1. The summed E-state index contributed by atoms with van der Waals surface area (Å²) >= 11 is 6.19. The third-order valence-corrected chi connectivity index (χ3v) is 6.49. The molecule has 0 aliphatic carbocycles. The highest BCUT2D eigenvalue weighted by Gasteiger charge is 2.36. The van der Waals surface area contributed by atoms with E-state index in [0.29, 0.717) is 23.6 Å². The molecule has 2 atom stereocenters. The Morgan fingerprint density at radius 1 is 1.28 bits per heavy atom. The van der Waals surface area contributed by atoms with Gasteiger partial charge in [0.1, 0.15) is 18.1 Å². The van der Waals surface area contributed by atoms with E-state index in [1.807, 2.05) is 50.4 Å². The Balaban J connectivity index is 1.40. The van der Waals surface area contributed by atoms with Gasteiger partial charge in [-0.15, -0.1) is 0 Å². The fourth-order valence-electron chi connectivity index (χ4n) is 4.43. The van der Waals surface area contributed by atoms with Crippen LogP contribution in [0.2, 0.25) is 5.15 Å². The second kappa shape index (κ2) is 9.50. The maximum Gasteiger partial charge on any atom is 0.415 e. The number of halogens is 1. The number of aromatic amines is 1. The fourth-order valence-corrected chi connectivity index (χ4v) is 4.64. The van der Waals surface area contributed by atoms with E-state index in [9.17, 15) is 9.59 Å². The molecule has 3 aromatic heterocycles. The van der Waals surface area contributed by atoms with Crippen LogP contribution in [0.15, 0.2) is 54.7 Å². The first-order valence-electron chi connectivity index (χ1n) is 11.5. The number of benzene rings is 1. The topological polar surface area (TPSA) is 120 Å². The minimum atomic E-state index is -1.15. The van der Waals surface area contributed by atoms with Gasteiger partial charge >= 0.3 is 12.1 Å². The van der Waals surface area contributed by atoms with E-state index in [1.54, 1.807) is 11.0 Å². The quantitative estimate of drug-likeness (QED) is 0.289. The van der Waals surface area contributed by atoms with Gasteiger partial charge in [-0.05, 0) is 61.7 Å². The highest BCUT2D eigenvalue weighted by Crippen LogP contribution is 2.30. The number of rotatable bonds is 7. The first-order valence-corrected chi connectivity index (χ1v) is 11.8. The lowest BCUT2D eigenvalue weighted by Crippen LogP contribution is -2.36. The van der Waals surface area contributed by atoms with Crippen LogP contribution in [0.5, 0.6) is 0 Å². The number of pyridine rings is 2. The molecule has 3 N–H and O–H groups in total. The third-order valence-electron chi connectivity index (χ3n) is 6.20. The van der Waals surface area contributed by atoms with Gasteiger partial charge in [-0.2, -0.15) is 0 Å². The zero-order valence-electron chi connectivity index (χ0n) is 19.7. The Morgan fingerprint density at radius 3 is 2.86 bits per heavy atom. The molecule has 36 heavy (non-hydrogen) atoms. The fraction of sp³-hybridized carbons (Fsp3) is 0.231. The summed E-state index contributed by atoms with van der Waals surface area (Å²) < 4.78 is 5.42. The monoisotopic (exact) mass is 505 g/mol. The maximum atomic E-state index is 12.8. The molecule has 1 aliphatic rings. The standard InChI is InChI=1S/C26H24ClN5O4/c1-14-9-22(15(2)29-20-7-8-21(25(33)34)31-24(20)27)30-23(10-14)32-17(13-36-26(32)35)11-16-12-28-19-6-4-3-5-18(16)19/h3-10,12,15,17,28-29H,11,13H2,1-2H3,(H,33,34)/t15-,17+/m1/s1. The average molecular weight is 506 g/mol. The van der Waals surface area contributed by atoms with Crippen molar-refractivity contribution in [1.82, 2.24) is 15.0 Å². The summed E-state index contributed by atoms with van der Waals surface area (Å²) in [5.41, 5.74) is 4.12. The number of nitrogens with one attached hydrogen (secondary N) is 2. The number of amides is 1. The minimum absolute atomic E-state index is 0.0524. The van der Waals surface area contributed by atoms with E-state index in [2.05, 4.69) is 21.4 Å². The molecule has 184 valence electrons. The number of carboxylic acids is 1. The van der Waals surface area contributed by atoms with Crippen molar-refractivity contribution in [1.29, 1.82) is 0 Å². The molecule has 1 fully saturated rings. The molecule has 0 unspecified atom stereocenters. The van der Waals surface area contributed by atoms with Crippen LogP contribution in [0, 0.1) is 6.92 Å². The predicted octanol–water partition coefficient (Wildman–Crippen LogP) is 5.36. The molecule has 0 spiro atoms. The zero-order chi connectivity index (χ0) is 25.4. The molecular formula is C26H24ClN5O4. The van der Waals surface area contributed by atoms with Crippen LogP contribution >= 0.6 is 11.6 Å². The Hall–Kier alpha value is -4.11. The largest absolute Gasteiger partial charge is 0.477 e. The van der Waals surface area contributed by atoms with Crippen molar-refractivity contribution in [3.05, 3.63) is 82.4 Å². The number of para-hydroxylation sites is 1. The molecule has 1 saturated heterocycles. The molecule has 1 aromatic carbocycles. The number of hydrogen-bond acceptors (Lipinski definition) is 6. The van der Waals surface area contributed by atoms with Crippen molar-refractivity contribution in [2.45, 2.75) is 32.4 Å². The lowest BCUT2D eigenvalue weighted by molar-refractivity contribution is 0.0690. The van der Waals surface area contributed by atoms with Gasteiger partial charge in [0.15, 0.2) is 5.15 Å². The molecule has 0 radical (unpaired) electrons. The molecule has 5 rings (SSSR count). The van der Waals surface area contributed by atoms with Gasteiger partial charge in [0.2, 0.25) is 0 Å². The summed E-state index contributed by atoms with van der Waals surface area (Å²) in [4.78, 5) is 37.5. The normalized spacial score (nSPS) is 16.2. The van der Waals surface area contributed by atoms with Crippen molar-refractivity contribution < 1.29 is 19.4 Å². The SMILES string of the molecule is Cc1cc([C@@H](C)Nc2ccc(C(=O)O)nc2Cl)nc(N2C(=O)OC[C@@H]2Cc2c[nH]c3ccccc23)c1. The van der Waals surface area contributed by atoms with Gasteiger partial charge in [0.05, 0.1) is 23.5 Å². The second-order valence-electron chi connectivity index (χ2n) is 8.80. The van der Waals surface area contributed by atoms with Crippen molar-refractivity contribution in [3.63, 3.8) is 0 Å². The number of carboxylic acid groups (broad SMARTS) is 1. The third kappa shape index (κ3) is 4.57. The lowest BCUT2D eigenvalue weighted by Gasteiger charge is -2.23. The summed E-state index contributed by atoms with van der Waals surface area (Å²) in [5, 5.41) is 13.5. The Bertz CT molecular complexity index is 1470. The van der Waals surface area contributed by atoms with E-state index < -0.39 is 12.1 Å². The van der Waals surface area contributed by atoms with Gasteiger partial charge in [-0.25, -0.2) is 19.6 Å². The minimum Gasteiger partial charge on any atom is -0.477 e. The number of nitrogens with zero attached hydrogens (tertiary/aromatic N) is 3. The predicted molar refractivity (Wildman–Crippen MR) is 137 cm³/mol. The van der Waals surface area contributed by atoms with Crippen LogP contribution in [-0.4, -0.2) is 44.8 Å². The average Bonchev–Trinajstić information content (AvgIpc) is 3.43. The van der Waals surface area contributed by atoms with Crippen LogP contribution in [0.3, 0.4) is 0 Å². The molecule has 1 amide bonds. The van der Waals surface area contributed by atoms with Gasteiger partial charge in [-0.1, -0.05) is 29.8 Å². The number of aromatic carboxylic acids is 1. The van der Waals surface area contributed by atoms with E-state index in [1.165, 1.54) is 6.07 Å². The highest BCUT2D eigenvalue weighted by atomic mass is 35.5. The number of H-pyrrole nitrogens is 1. The van der Waals surface area contributed by atoms with E-state index >= 15 is 0 Å². The molecule has 10 heteroatoms. The Kier molecular flexibility index (Phi) is 6.24. The first-order chi connectivity index (χ1) is 17.3. The number of aryl methyl sites for hydroxylation is 1. The zero-order valence-corrected chi connectivity index (χ0v) is 20.4. The number of cyclic esters (lactones) is 1. The maximum absolute atomic E-state index is 12.8. The van der Waals surface area contributed by atoms with Crippen molar-refractivity contribution in [3.8, 4) is 0 Å². The van der Waals surface area contributed by atoms with Gasteiger partial charge in [-0.3, -0.25) is 4.90 Å². The van der Waals surface area contributed by atoms with Crippen molar-refractivity contribution in [2.24, 2.45) is 0 Å². The molecule has 0 saturated carbocycles. The van der Waals surface area contributed by atoms with Gasteiger partial charge < -0.3 is 20.1 Å². The smallest absolute Gasteiger partial charge is 0.415 e. The highest BCUT2D eigenvalue weighted by molar-refractivity contribution is 6.32. The molecule has 1 aliphatic heterocycles. The Morgan fingerprint density at radius 2 is 2.08 bits per heavy atom. The van der Waals surface area contributed by atoms with Crippen LogP contribution in [0.25, 0.3) is 10.9 Å². The van der Waals surface area contributed by atoms with Crippen LogP contribution in [0.1, 0.15) is 40.3 Å². The molecule has 4 heterocycles. The summed E-state index contributed by atoms with van der Waals surface area (Å²) in [6.45, 7) is 4.11.